The smallest absolute Gasteiger partial charge is 0.180 e. The summed E-state index contributed by atoms with van der Waals surface area (Å²) in [6, 6.07) is 0. The average molecular weight is 267 g/mol. The normalized spacial score (nSPS) is 12.9. The molecule has 0 fully saturated rings. The first kappa shape index (κ1) is 13.0. The fourth-order valence-electron chi connectivity index (χ4n) is 1.09. The molecular formula is C7H13N3O4S2. The number of nitrogen functional groups attached to an aromatic ring is 1. The second-order valence-electron chi connectivity index (χ2n) is 3.52. The molecule has 0 unspecified atom stereocenters. The third-order valence-corrected chi connectivity index (χ3v) is 3.96. The van der Waals surface area contributed by atoms with Crippen LogP contribution in [-0.2, 0) is 26.2 Å². The zero-order valence-corrected chi connectivity index (χ0v) is 10.5. The Morgan fingerprint density at radius 3 is 2.25 bits per heavy atom. The zero-order chi connectivity index (χ0) is 12.6. The Kier molecular flexibility index (Phi) is 3.29. The van der Waals surface area contributed by atoms with Crippen molar-refractivity contribution < 1.29 is 16.8 Å². The monoisotopic (exact) mass is 267 g/mol. The van der Waals surface area contributed by atoms with E-state index >= 15 is 0 Å². The van der Waals surface area contributed by atoms with E-state index in [0.29, 0.717) is 0 Å². The van der Waals surface area contributed by atoms with Gasteiger partial charge in [-0.2, -0.15) is 5.10 Å². The predicted molar refractivity (Wildman–Crippen MR) is 59.5 cm³/mol. The molecule has 0 aliphatic rings. The second-order valence-corrected chi connectivity index (χ2v) is 7.76. The molecule has 0 aliphatic heterocycles. The van der Waals surface area contributed by atoms with Crippen LogP contribution in [0.5, 0.6) is 0 Å². The lowest BCUT2D eigenvalue weighted by Gasteiger charge is -2.03. The summed E-state index contributed by atoms with van der Waals surface area (Å²) in [5.41, 5.74) is 5.55. The molecule has 1 heterocycles. The van der Waals surface area contributed by atoms with Crippen molar-refractivity contribution in [2.45, 2.75) is 11.4 Å². The molecule has 92 valence electrons. The van der Waals surface area contributed by atoms with Gasteiger partial charge < -0.3 is 5.73 Å². The van der Waals surface area contributed by atoms with Crippen molar-refractivity contribution in [1.29, 1.82) is 0 Å². The van der Waals surface area contributed by atoms with Crippen molar-refractivity contribution in [3.63, 3.8) is 0 Å². The first-order chi connectivity index (χ1) is 7.11. The van der Waals surface area contributed by atoms with Crippen LogP contribution < -0.4 is 5.73 Å². The van der Waals surface area contributed by atoms with Gasteiger partial charge in [0.05, 0.1) is 18.5 Å². The van der Waals surface area contributed by atoms with E-state index in [2.05, 4.69) is 5.10 Å². The van der Waals surface area contributed by atoms with Gasteiger partial charge in [-0.3, -0.25) is 0 Å². The fraction of sp³-hybridized carbons (Fsp3) is 0.571. The van der Waals surface area contributed by atoms with Crippen LogP contribution in [0.3, 0.4) is 0 Å². The molecule has 1 rings (SSSR count). The van der Waals surface area contributed by atoms with Crippen molar-refractivity contribution in [3.05, 3.63) is 6.20 Å². The van der Waals surface area contributed by atoms with Gasteiger partial charge in [0.2, 0.25) is 0 Å². The van der Waals surface area contributed by atoms with Crippen LogP contribution >= 0.6 is 0 Å². The molecule has 2 N–H and O–H groups in total. The summed E-state index contributed by atoms with van der Waals surface area (Å²) in [7, 11) is -6.56. The zero-order valence-electron chi connectivity index (χ0n) is 8.91. The predicted octanol–water partition coefficient (Wildman–Crippen LogP) is -1.09. The largest absolute Gasteiger partial charge is 0.383 e. The van der Waals surface area contributed by atoms with Gasteiger partial charge >= 0.3 is 0 Å². The first-order valence-corrected chi connectivity index (χ1v) is 8.25. The van der Waals surface area contributed by atoms with E-state index in [1.807, 2.05) is 0 Å². The summed E-state index contributed by atoms with van der Waals surface area (Å²) in [4.78, 5) is -0.0824. The lowest BCUT2D eigenvalue weighted by Crippen LogP contribution is -2.14. The molecule has 1 aromatic rings. The third kappa shape index (κ3) is 3.20. The molecule has 0 saturated carbocycles. The van der Waals surface area contributed by atoms with E-state index in [1.165, 1.54) is 0 Å². The summed E-state index contributed by atoms with van der Waals surface area (Å²) in [5.74, 6) is -0.173. The van der Waals surface area contributed by atoms with Crippen molar-refractivity contribution in [1.82, 2.24) is 9.78 Å². The SMILES string of the molecule is CS(=O)(=O)CCn1ncc(S(C)(=O)=O)c1N. The molecule has 0 spiro atoms. The van der Waals surface area contributed by atoms with Crippen LogP contribution in [0.15, 0.2) is 11.1 Å². The highest BCUT2D eigenvalue weighted by atomic mass is 32.2. The molecule has 7 nitrogen and oxygen atoms in total. The van der Waals surface area contributed by atoms with Gasteiger partial charge in [0.15, 0.2) is 9.84 Å². The summed E-state index contributed by atoms with van der Waals surface area (Å²) in [6.07, 6.45) is 3.22. The molecule has 0 aromatic carbocycles. The Labute approximate surface area is 94.1 Å². The van der Waals surface area contributed by atoms with E-state index in [-0.39, 0.29) is 23.0 Å². The standard InChI is InChI=1S/C7H13N3O4S2/c1-15(11,12)4-3-10-7(8)6(5-9-10)16(2,13)14/h5H,3-4,8H2,1-2H3. The fourth-order valence-corrected chi connectivity index (χ4v) is 2.32. The maximum atomic E-state index is 11.2. The minimum Gasteiger partial charge on any atom is -0.383 e. The van der Waals surface area contributed by atoms with Crippen LogP contribution in [0.2, 0.25) is 0 Å². The molecule has 0 atom stereocenters. The molecular weight excluding hydrogens is 254 g/mol. The molecule has 0 bridgehead atoms. The van der Waals surface area contributed by atoms with Gasteiger partial charge in [0, 0.05) is 12.5 Å². The van der Waals surface area contributed by atoms with Gasteiger partial charge in [0.1, 0.15) is 20.6 Å². The average Bonchev–Trinajstić information content (AvgIpc) is 2.41. The summed E-state index contributed by atoms with van der Waals surface area (Å²) >= 11 is 0. The molecule has 0 amide bonds. The van der Waals surface area contributed by atoms with Crippen LogP contribution in [0, 0.1) is 0 Å². The maximum Gasteiger partial charge on any atom is 0.180 e. The van der Waals surface area contributed by atoms with Crippen molar-refractivity contribution in [2.24, 2.45) is 0 Å². The van der Waals surface area contributed by atoms with E-state index in [9.17, 15) is 16.8 Å². The number of aromatic nitrogens is 2. The molecule has 0 aliphatic carbocycles. The van der Waals surface area contributed by atoms with Crippen LogP contribution in [0.25, 0.3) is 0 Å². The Morgan fingerprint density at radius 1 is 1.31 bits per heavy atom. The molecule has 0 radical (unpaired) electrons. The van der Waals surface area contributed by atoms with Crippen LogP contribution in [0.4, 0.5) is 5.82 Å². The second kappa shape index (κ2) is 4.06. The number of hydrogen-bond acceptors (Lipinski definition) is 6. The van der Waals surface area contributed by atoms with E-state index < -0.39 is 19.7 Å². The Hall–Kier alpha value is -1.09. The third-order valence-electron chi connectivity index (χ3n) is 1.92. The number of hydrogen-bond donors (Lipinski definition) is 1. The van der Waals surface area contributed by atoms with Crippen molar-refractivity contribution >= 4 is 25.5 Å². The van der Waals surface area contributed by atoms with Gasteiger partial charge in [-0.1, -0.05) is 0 Å². The number of rotatable bonds is 4. The van der Waals surface area contributed by atoms with E-state index in [4.69, 9.17) is 5.73 Å². The highest BCUT2D eigenvalue weighted by Crippen LogP contribution is 2.16. The van der Waals surface area contributed by atoms with E-state index in [1.54, 1.807) is 0 Å². The molecule has 0 saturated heterocycles. The van der Waals surface area contributed by atoms with Gasteiger partial charge in [-0.15, -0.1) is 0 Å². The summed E-state index contributed by atoms with van der Waals surface area (Å²) < 4.78 is 45.4. The van der Waals surface area contributed by atoms with Crippen molar-refractivity contribution in [3.8, 4) is 0 Å². The minimum atomic E-state index is -3.42. The Balaban J connectivity index is 2.98. The van der Waals surface area contributed by atoms with Crippen LogP contribution in [0.1, 0.15) is 0 Å². The van der Waals surface area contributed by atoms with Gasteiger partial charge in [-0.05, 0) is 0 Å². The highest BCUT2D eigenvalue weighted by Gasteiger charge is 2.17. The topological polar surface area (TPSA) is 112 Å². The summed E-state index contributed by atoms with van der Waals surface area (Å²) in [6.45, 7) is 0.0419. The molecule has 1 aromatic heterocycles. The minimum absolute atomic E-state index is 0.0360. The number of nitrogens with two attached hydrogens (primary N) is 1. The number of sulfone groups is 2. The number of aryl methyl sites for hydroxylation is 1. The Morgan fingerprint density at radius 2 is 1.88 bits per heavy atom. The van der Waals surface area contributed by atoms with Gasteiger partial charge in [-0.25, -0.2) is 21.5 Å². The Bertz CT molecular complexity index is 585. The summed E-state index contributed by atoms with van der Waals surface area (Å²) in [5, 5.41) is 3.73. The van der Waals surface area contributed by atoms with Crippen LogP contribution in [-0.4, -0.2) is 44.9 Å². The van der Waals surface area contributed by atoms with Crippen molar-refractivity contribution in [2.75, 3.05) is 24.0 Å². The maximum absolute atomic E-state index is 11.2. The lowest BCUT2D eigenvalue weighted by atomic mass is 10.6. The van der Waals surface area contributed by atoms with E-state index in [0.717, 1.165) is 23.4 Å². The number of anilines is 1. The quantitative estimate of drug-likeness (QED) is 0.742. The highest BCUT2D eigenvalue weighted by molar-refractivity contribution is 7.91. The lowest BCUT2D eigenvalue weighted by molar-refractivity contribution is 0.587. The molecule has 9 heteroatoms. The first-order valence-electron chi connectivity index (χ1n) is 4.30. The number of nitrogens with zero attached hydrogens (tertiary/aromatic N) is 2. The van der Waals surface area contributed by atoms with Gasteiger partial charge in [0.25, 0.3) is 0 Å². The molecule has 16 heavy (non-hydrogen) atoms.